The quantitative estimate of drug-likeness (QED) is 0.829. The van der Waals surface area contributed by atoms with E-state index < -0.39 is 0 Å². The molecule has 90 valence electrons. The fourth-order valence-corrected chi connectivity index (χ4v) is 1.78. The number of likely N-dealkylation sites (N-methyl/N-ethyl adjacent to an activating group) is 1. The predicted octanol–water partition coefficient (Wildman–Crippen LogP) is 0.780. The third-order valence-corrected chi connectivity index (χ3v) is 3.30. The van der Waals surface area contributed by atoms with Crippen LogP contribution in [-0.2, 0) is 6.42 Å². The highest BCUT2D eigenvalue weighted by Gasteiger charge is 2.15. The van der Waals surface area contributed by atoms with Crippen molar-refractivity contribution in [1.82, 2.24) is 19.8 Å². The first-order valence-electron chi connectivity index (χ1n) is 5.32. The minimum atomic E-state index is -0.0689. The fourth-order valence-electron chi connectivity index (χ4n) is 1.12. The highest BCUT2D eigenvalue weighted by atomic mass is 32.1. The molecule has 6 heteroatoms. The fraction of sp³-hybridized carbons (Fsp3) is 0.700. The summed E-state index contributed by atoms with van der Waals surface area (Å²) in [4.78, 5) is 14.5. The number of nitrogens with zero attached hydrogens (tertiary/aromatic N) is 3. The van der Waals surface area contributed by atoms with Crippen molar-refractivity contribution in [2.45, 2.75) is 26.3 Å². The standard InChI is InChI=1S/C10H18N4OS/c1-5-8-9(16-13-12-8)10(15)11-6-7(2)14(3)4/h7H,5-6H2,1-4H3,(H,11,15). The molecule has 0 aromatic carbocycles. The lowest BCUT2D eigenvalue weighted by Crippen LogP contribution is -2.38. The lowest BCUT2D eigenvalue weighted by molar-refractivity contribution is 0.0946. The van der Waals surface area contributed by atoms with Gasteiger partial charge in [0, 0.05) is 12.6 Å². The molecule has 0 spiro atoms. The van der Waals surface area contributed by atoms with Crippen molar-refractivity contribution in [2.75, 3.05) is 20.6 Å². The van der Waals surface area contributed by atoms with Crippen LogP contribution in [0.4, 0.5) is 0 Å². The van der Waals surface area contributed by atoms with Crippen molar-refractivity contribution in [3.63, 3.8) is 0 Å². The molecule has 1 amide bonds. The van der Waals surface area contributed by atoms with E-state index in [9.17, 15) is 4.79 Å². The summed E-state index contributed by atoms with van der Waals surface area (Å²) in [6.07, 6.45) is 0.739. The molecule has 0 radical (unpaired) electrons. The Hall–Kier alpha value is -1.01. The molecule has 5 nitrogen and oxygen atoms in total. The number of amides is 1. The first-order chi connectivity index (χ1) is 7.56. The van der Waals surface area contributed by atoms with Gasteiger partial charge in [-0.05, 0) is 39.0 Å². The summed E-state index contributed by atoms with van der Waals surface area (Å²) in [5, 5.41) is 6.81. The average Bonchev–Trinajstić information content (AvgIpc) is 2.73. The van der Waals surface area contributed by atoms with Crippen LogP contribution in [0, 0.1) is 0 Å². The summed E-state index contributed by atoms with van der Waals surface area (Å²) < 4.78 is 3.80. The minimum Gasteiger partial charge on any atom is -0.350 e. The number of rotatable bonds is 5. The van der Waals surface area contributed by atoms with Crippen molar-refractivity contribution >= 4 is 17.4 Å². The van der Waals surface area contributed by atoms with E-state index >= 15 is 0 Å². The van der Waals surface area contributed by atoms with Crippen LogP contribution in [0.3, 0.4) is 0 Å². The largest absolute Gasteiger partial charge is 0.350 e. The Labute approximate surface area is 100 Å². The van der Waals surface area contributed by atoms with Gasteiger partial charge in [-0.2, -0.15) is 0 Å². The zero-order chi connectivity index (χ0) is 12.1. The Morgan fingerprint density at radius 3 is 2.81 bits per heavy atom. The lowest BCUT2D eigenvalue weighted by Gasteiger charge is -2.19. The van der Waals surface area contributed by atoms with Crippen LogP contribution in [0.5, 0.6) is 0 Å². The molecule has 0 aliphatic rings. The molecule has 16 heavy (non-hydrogen) atoms. The van der Waals surface area contributed by atoms with Crippen LogP contribution < -0.4 is 5.32 Å². The summed E-state index contributed by atoms with van der Waals surface area (Å²) in [6, 6.07) is 0.315. The smallest absolute Gasteiger partial charge is 0.265 e. The van der Waals surface area contributed by atoms with Gasteiger partial charge in [0.15, 0.2) is 0 Å². The van der Waals surface area contributed by atoms with E-state index in [-0.39, 0.29) is 5.91 Å². The van der Waals surface area contributed by atoms with E-state index in [4.69, 9.17) is 0 Å². The lowest BCUT2D eigenvalue weighted by atomic mass is 10.2. The Balaban J connectivity index is 2.53. The molecule has 0 aliphatic heterocycles. The second kappa shape index (κ2) is 5.91. The molecule has 1 heterocycles. The van der Waals surface area contributed by atoms with Crippen molar-refractivity contribution < 1.29 is 4.79 Å². The van der Waals surface area contributed by atoms with Crippen LogP contribution in [0.2, 0.25) is 0 Å². The molecule has 1 N–H and O–H groups in total. The van der Waals surface area contributed by atoms with Crippen LogP contribution in [0.1, 0.15) is 29.2 Å². The minimum absolute atomic E-state index is 0.0689. The van der Waals surface area contributed by atoms with Crippen LogP contribution in [0.25, 0.3) is 0 Å². The molecule has 1 aromatic heterocycles. The molecule has 1 atom stereocenters. The van der Waals surface area contributed by atoms with Crippen molar-refractivity contribution in [3.05, 3.63) is 10.6 Å². The van der Waals surface area contributed by atoms with E-state index in [1.165, 1.54) is 0 Å². The van der Waals surface area contributed by atoms with Gasteiger partial charge in [-0.15, -0.1) is 5.10 Å². The van der Waals surface area contributed by atoms with Crippen molar-refractivity contribution in [2.24, 2.45) is 0 Å². The molecule has 0 fully saturated rings. The molecule has 1 rings (SSSR count). The number of nitrogens with one attached hydrogen (secondary N) is 1. The summed E-state index contributed by atoms with van der Waals surface area (Å²) in [6.45, 7) is 4.66. The van der Waals surface area contributed by atoms with Crippen LogP contribution in [0.15, 0.2) is 0 Å². The maximum absolute atomic E-state index is 11.8. The first kappa shape index (κ1) is 13.1. The maximum Gasteiger partial charge on any atom is 0.265 e. The number of hydrogen-bond acceptors (Lipinski definition) is 5. The summed E-state index contributed by atoms with van der Waals surface area (Å²) in [5.41, 5.74) is 0.778. The monoisotopic (exact) mass is 242 g/mol. The number of carbonyl (C=O) groups excluding carboxylic acids is 1. The maximum atomic E-state index is 11.8. The van der Waals surface area contributed by atoms with Crippen molar-refractivity contribution in [1.29, 1.82) is 0 Å². The third kappa shape index (κ3) is 3.24. The zero-order valence-electron chi connectivity index (χ0n) is 10.1. The Morgan fingerprint density at radius 2 is 2.25 bits per heavy atom. The van der Waals surface area contributed by atoms with E-state index in [2.05, 4.69) is 26.7 Å². The molecule has 0 bridgehead atoms. The molecule has 0 saturated heterocycles. The Morgan fingerprint density at radius 1 is 1.56 bits per heavy atom. The Kier molecular flexibility index (Phi) is 4.82. The van der Waals surface area contributed by atoms with Gasteiger partial charge in [-0.3, -0.25) is 4.79 Å². The van der Waals surface area contributed by atoms with Gasteiger partial charge in [0.25, 0.3) is 5.91 Å². The number of carbonyl (C=O) groups is 1. The van der Waals surface area contributed by atoms with Crippen LogP contribution >= 0.6 is 11.5 Å². The molecule has 1 aromatic rings. The highest BCUT2D eigenvalue weighted by Crippen LogP contribution is 2.10. The Bertz CT molecular complexity index is 350. The van der Waals surface area contributed by atoms with Gasteiger partial charge in [0.2, 0.25) is 0 Å². The van der Waals surface area contributed by atoms with Gasteiger partial charge in [0.1, 0.15) is 4.88 Å². The second-order valence-electron chi connectivity index (χ2n) is 3.92. The molecule has 0 saturated carbocycles. The van der Waals surface area contributed by atoms with E-state index in [1.807, 2.05) is 21.0 Å². The highest BCUT2D eigenvalue weighted by molar-refractivity contribution is 7.08. The van der Waals surface area contributed by atoms with Gasteiger partial charge >= 0.3 is 0 Å². The van der Waals surface area contributed by atoms with E-state index in [0.717, 1.165) is 23.6 Å². The molecular weight excluding hydrogens is 224 g/mol. The molecule has 0 aliphatic carbocycles. The average molecular weight is 242 g/mol. The number of hydrogen-bond donors (Lipinski definition) is 1. The predicted molar refractivity (Wildman–Crippen MR) is 64.8 cm³/mol. The van der Waals surface area contributed by atoms with Gasteiger partial charge in [-0.25, -0.2) is 0 Å². The zero-order valence-corrected chi connectivity index (χ0v) is 11.0. The van der Waals surface area contributed by atoms with E-state index in [1.54, 1.807) is 0 Å². The number of aryl methyl sites for hydroxylation is 1. The van der Waals surface area contributed by atoms with Crippen molar-refractivity contribution in [3.8, 4) is 0 Å². The van der Waals surface area contributed by atoms with Crippen LogP contribution in [-0.4, -0.2) is 47.1 Å². The molecule has 1 unspecified atom stereocenters. The van der Waals surface area contributed by atoms with Gasteiger partial charge < -0.3 is 10.2 Å². The SMILES string of the molecule is CCc1nnsc1C(=O)NCC(C)N(C)C. The topological polar surface area (TPSA) is 58.1 Å². The summed E-state index contributed by atoms with van der Waals surface area (Å²) in [5.74, 6) is -0.0689. The van der Waals surface area contributed by atoms with Gasteiger partial charge in [-0.1, -0.05) is 11.4 Å². The second-order valence-corrected chi connectivity index (χ2v) is 4.68. The normalized spacial score (nSPS) is 12.8. The third-order valence-electron chi connectivity index (χ3n) is 2.54. The van der Waals surface area contributed by atoms with Gasteiger partial charge in [0.05, 0.1) is 5.69 Å². The number of aromatic nitrogens is 2. The first-order valence-corrected chi connectivity index (χ1v) is 6.09. The molecular formula is C10H18N4OS. The summed E-state index contributed by atoms with van der Waals surface area (Å²) in [7, 11) is 3.98. The summed E-state index contributed by atoms with van der Waals surface area (Å²) >= 11 is 1.16. The van der Waals surface area contributed by atoms with E-state index in [0.29, 0.717) is 17.5 Å².